The fourth-order valence-corrected chi connectivity index (χ4v) is 3.75. The molecule has 3 aromatic rings. The summed E-state index contributed by atoms with van der Waals surface area (Å²) in [6.45, 7) is 3.15. The summed E-state index contributed by atoms with van der Waals surface area (Å²) in [6.07, 6.45) is 3.51. The van der Waals surface area contributed by atoms with Crippen molar-refractivity contribution in [2.75, 3.05) is 18.0 Å². The van der Waals surface area contributed by atoms with Crippen molar-refractivity contribution in [2.45, 2.75) is 26.2 Å². The number of piperidine rings is 1. The fourth-order valence-electron chi connectivity index (χ4n) is 3.75. The molecular formula is C21H21N3O4. The minimum absolute atomic E-state index is 0.231. The Kier molecular flexibility index (Phi) is 4.81. The maximum atomic E-state index is 12.7. The number of aryl methyl sites for hydroxylation is 1. The molecule has 3 heterocycles. The number of pyridine rings is 1. The van der Waals surface area contributed by atoms with Crippen molar-refractivity contribution in [3.63, 3.8) is 0 Å². The predicted octanol–water partition coefficient (Wildman–Crippen LogP) is 3.11. The summed E-state index contributed by atoms with van der Waals surface area (Å²) < 4.78 is 5.58. The zero-order valence-corrected chi connectivity index (χ0v) is 15.6. The summed E-state index contributed by atoms with van der Waals surface area (Å²) >= 11 is 0. The van der Waals surface area contributed by atoms with Crippen molar-refractivity contribution >= 4 is 22.7 Å². The molecule has 0 aliphatic carbocycles. The van der Waals surface area contributed by atoms with E-state index in [0.717, 1.165) is 12.0 Å². The van der Waals surface area contributed by atoms with Crippen molar-refractivity contribution in [1.82, 2.24) is 9.97 Å². The normalized spacial score (nSPS) is 15.1. The van der Waals surface area contributed by atoms with Gasteiger partial charge in [-0.1, -0.05) is 19.1 Å². The lowest BCUT2D eigenvalue weighted by molar-refractivity contribution is -0.142. The van der Waals surface area contributed by atoms with Crippen LogP contribution >= 0.6 is 0 Å². The van der Waals surface area contributed by atoms with Gasteiger partial charge in [-0.25, -0.2) is 14.8 Å². The number of nitrogens with zero attached hydrogens (tertiary/aromatic N) is 3. The minimum atomic E-state index is -0.755. The maximum absolute atomic E-state index is 12.7. The van der Waals surface area contributed by atoms with Crippen molar-refractivity contribution in [2.24, 2.45) is 5.92 Å². The molecule has 1 aliphatic rings. The van der Waals surface area contributed by atoms with Crippen LogP contribution in [0.1, 0.15) is 25.3 Å². The highest BCUT2D eigenvalue weighted by Crippen LogP contribution is 2.31. The van der Waals surface area contributed by atoms with Crippen molar-refractivity contribution in [1.29, 1.82) is 0 Å². The summed E-state index contributed by atoms with van der Waals surface area (Å²) in [6, 6.07) is 9.20. The van der Waals surface area contributed by atoms with E-state index in [1.807, 2.05) is 36.1 Å². The van der Waals surface area contributed by atoms with E-state index in [-0.39, 0.29) is 11.8 Å². The van der Waals surface area contributed by atoms with E-state index in [4.69, 9.17) is 4.42 Å². The Morgan fingerprint density at radius 3 is 2.75 bits per heavy atom. The second-order valence-corrected chi connectivity index (χ2v) is 6.95. The first-order chi connectivity index (χ1) is 13.6. The molecule has 7 nitrogen and oxygen atoms in total. The SMILES string of the molecule is CCc1cccc2nc(-c3cccnc3N3CCC(C(=O)O)CC3)oc(=O)c12. The zero-order chi connectivity index (χ0) is 19.7. The van der Waals surface area contributed by atoms with Crippen molar-refractivity contribution in [3.8, 4) is 11.5 Å². The summed E-state index contributed by atoms with van der Waals surface area (Å²) in [7, 11) is 0. The van der Waals surface area contributed by atoms with E-state index in [1.54, 1.807) is 12.3 Å². The summed E-state index contributed by atoms with van der Waals surface area (Å²) in [4.78, 5) is 34.9. The topological polar surface area (TPSA) is 96.5 Å². The standard InChI is InChI=1S/C21H21N3O4/c1-2-13-5-3-7-16-17(13)21(27)28-19(23-16)15-6-4-10-22-18(15)24-11-8-14(9-12-24)20(25)26/h3-7,10,14H,2,8-9,11-12H2,1H3,(H,25,26). The number of carbonyl (C=O) groups is 1. The molecule has 1 aliphatic heterocycles. The largest absolute Gasteiger partial charge is 0.481 e. The number of aromatic nitrogens is 2. The van der Waals surface area contributed by atoms with Crippen molar-refractivity contribution < 1.29 is 14.3 Å². The van der Waals surface area contributed by atoms with E-state index >= 15 is 0 Å². The summed E-state index contributed by atoms with van der Waals surface area (Å²) in [5.74, 6) is -0.190. The van der Waals surface area contributed by atoms with Crippen LogP contribution in [0.2, 0.25) is 0 Å². The molecule has 1 fully saturated rings. The van der Waals surface area contributed by atoms with Gasteiger partial charge in [0.15, 0.2) is 0 Å². The maximum Gasteiger partial charge on any atom is 0.347 e. The minimum Gasteiger partial charge on any atom is -0.481 e. The number of anilines is 1. The highest BCUT2D eigenvalue weighted by Gasteiger charge is 2.27. The second-order valence-electron chi connectivity index (χ2n) is 6.95. The molecule has 2 aromatic heterocycles. The van der Waals surface area contributed by atoms with Crippen LogP contribution in [-0.2, 0) is 11.2 Å². The highest BCUT2D eigenvalue weighted by molar-refractivity contribution is 5.83. The van der Waals surface area contributed by atoms with Crippen LogP contribution in [0.5, 0.6) is 0 Å². The van der Waals surface area contributed by atoms with Gasteiger partial charge in [0.25, 0.3) is 0 Å². The van der Waals surface area contributed by atoms with E-state index in [1.165, 1.54) is 0 Å². The Morgan fingerprint density at radius 2 is 2.04 bits per heavy atom. The molecule has 144 valence electrons. The summed E-state index contributed by atoms with van der Waals surface area (Å²) in [5.41, 5.74) is 1.74. The first-order valence-corrected chi connectivity index (χ1v) is 9.44. The third kappa shape index (κ3) is 3.24. The smallest absolute Gasteiger partial charge is 0.347 e. The molecule has 0 amide bonds. The molecule has 1 N–H and O–H groups in total. The number of rotatable bonds is 4. The number of carboxylic acid groups (broad SMARTS) is 1. The average Bonchev–Trinajstić information content (AvgIpc) is 2.73. The van der Waals surface area contributed by atoms with Crippen LogP contribution in [0.3, 0.4) is 0 Å². The zero-order valence-electron chi connectivity index (χ0n) is 15.6. The lowest BCUT2D eigenvalue weighted by Crippen LogP contribution is -2.37. The summed E-state index contributed by atoms with van der Waals surface area (Å²) in [5, 5.41) is 9.72. The van der Waals surface area contributed by atoms with Gasteiger partial charge in [0, 0.05) is 19.3 Å². The number of carboxylic acids is 1. The molecule has 0 unspecified atom stereocenters. The molecule has 0 saturated carbocycles. The van der Waals surface area contributed by atoms with Gasteiger partial charge in [-0.15, -0.1) is 0 Å². The Labute approximate surface area is 161 Å². The number of hydrogen-bond acceptors (Lipinski definition) is 6. The fraction of sp³-hybridized carbons (Fsp3) is 0.333. The first-order valence-electron chi connectivity index (χ1n) is 9.44. The van der Waals surface area contributed by atoms with E-state index in [0.29, 0.717) is 48.2 Å². The lowest BCUT2D eigenvalue weighted by Gasteiger charge is -2.31. The predicted molar refractivity (Wildman–Crippen MR) is 105 cm³/mol. The second kappa shape index (κ2) is 7.42. The Balaban J connectivity index is 1.75. The van der Waals surface area contributed by atoms with Crippen LogP contribution in [0.25, 0.3) is 22.4 Å². The van der Waals surface area contributed by atoms with E-state index < -0.39 is 11.6 Å². The molecule has 7 heteroatoms. The molecule has 0 spiro atoms. The van der Waals surface area contributed by atoms with Crippen LogP contribution in [0.15, 0.2) is 45.7 Å². The van der Waals surface area contributed by atoms with Crippen LogP contribution in [0, 0.1) is 5.92 Å². The van der Waals surface area contributed by atoms with Gasteiger partial charge in [-0.3, -0.25) is 4.79 Å². The molecule has 0 bridgehead atoms. The quantitative estimate of drug-likeness (QED) is 0.744. The number of fused-ring (bicyclic) bond motifs is 1. The van der Waals surface area contributed by atoms with Gasteiger partial charge in [0.1, 0.15) is 5.82 Å². The Hall–Kier alpha value is -3.22. The third-order valence-corrected chi connectivity index (χ3v) is 5.29. The molecule has 1 saturated heterocycles. The monoisotopic (exact) mass is 379 g/mol. The van der Waals surface area contributed by atoms with E-state index in [2.05, 4.69) is 9.97 Å². The van der Waals surface area contributed by atoms with Crippen LogP contribution in [0.4, 0.5) is 5.82 Å². The van der Waals surface area contributed by atoms with Gasteiger partial charge >= 0.3 is 11.6 Å². The molecule has 0 radical (unpaired) electrons. The van der Waals surface area contributed by atoms with Gasteiger partial charge < -0.3 is 14.4 Å². The molecule has 28 heavy (non-hydrogen) atoms. The van der Waals surface area contributed by atoms with Crippen molar-refractivity contribution in [3.05, 3.63) is 52.5 Å². The van der Waals surface area contributed by atoms with Crippen LogP contribution < -0.4 is 10.5 Å². The molecule has 0 atom stereocenters. The lowest BCUT2D eigenvalue weighted by atomic mass is 9.97. The van der Waals surface area contributed by atoms with Gasteiger partial charge in [0.2, 0.25) is 5.89 Å². The molecule has 4 rings (SSSR count). The van der Waals surface area contributed by atoms with Gasteiger partial charge in [0.05, 0.1) is 22.4 Å². The first kappa shape index (κ1) is 18.2. The van der Waals surface area contributed by atoms with Gasteiger partial charge in [-0.05, 0) is 43.0 Å². The average molecular weight is 379 g/mol. The Bertz CT molecular complexity index is 1080. The number of aliphatic carboxylic acids is 1. The highest BCUT2D eigenvalue weighted by atomic mass is 16.4. The van der Waals surface area contributed by atoms with Crippen LogP contribution in [-0.4, -0.2) is 34.1 Å². The third-order valence-electron chi connectivity index (χ3n) is 5.29. The number of hydrogen-bond donors (Lipinski definition) is 1. The van der Waals surface area contributed by atoms with E-state index in [9.17, 15) is 14.7 Å². The molecular weight excluding hydrogens is 358 g/mol. The Morgan fingerprint density at radius 1 is 1.25 bits per heavy atom. The number of benzene rings is 1. The molecule has 1 aromatic carbocycles. The van der Waals surface area contributed by atoms with Gasteiger partial charge in [-0.2, -0.15) is 0 Å².